The number of aromatic amines is 1. The molecule has 0 aliphatic carbocycles. The topological polar surface area (TPSA) is 58.2 Å². The maximum atomic E-state index is 13.0. The molecule has 0 unspecified atom stereocenters. The van der Waals surface area contributed by atoms with Gasteiger partial charge in [-0.25, -0.2) is 4.98 Å². The lowest BCUT2D eigenvalue weighted by Crippen LogP contribution is -2.39. The number of para-hydroxylation sites is 2. The molecule has 3 aromatic rings. The molecule has 1 aliphatic rings. The predicted molar refractivity (Wildman–Crippen MR) is 107 cm³/mol. The van der Waals surface area contributed by atoms with E-state index >= 15 is 0 Å². The first-order valence-corrected chi connectivity index (χ1v) is 9.70. The van der Waals surface area contributed by atoms with E-state index in [0.29, 0.717) is 18.7 Å². The van der Waals surface area contributed by atoms with Crippen molar-refractivity contribution in [3.8, 4) is 11.4 Å². The van der Waals surface area contributed by atoms with E-state index in [4.69, 9.17) is 4.74 Å². The Balaban J connectivity index is 1.55. The first-order valence-electron chi connectivity index (χ1n) is 9.70. The van der Waals surface area contributed by atoms with Gasteiger partial charge in [-0.15, -0.1) is 0 Å². The summed E-state index contributed by atoms with van der Waals surface area (Å²) in [4.78, 5) is 22.9. The Kier molecular flexibility index (Phi) is 5.21. The lowest BCUT2D eigenvalue weighted by Gasteiger charge is -2.29. The highest BCUT2D eigenvalue weighted by molar-refractivity contribution is 5.95. The van der Waals surface area contributed by atoms with Gasteiger partial charge in [0.05, 0.1) is 17.1 Å². The summed E-state index contributed by atoms with van der Waals surface area (Å²) < 4.78 is 5.81. The number of carbonyl (C=O) groups excluding carboxylic acids is 1. The Bertz CT molecular complexity index is 895. The third-order valence-corrected chi connectivity index (χ3v) is 5.14. The highest BCUT2D eigenvalue weighted by Crippen LogP contribution is 2.22. The molecular formula is C22H25N3O2. The zero-order chi connectivity index (χ0) is 18.6. The highest BCUT2D eigenvalue weighted by Gasteiger charge is 2.21. The summed E-state index contributed by atoms with van der Waals surface area (Å²) in [7, 11) is 0. The predicted octanol–water partition coefficient (Wildman–Crippen LogP) is 4.26. The molecule has 27 heavy (non-hydrogen) atoms. The third-order valence-electron chi connectivity index (χ3n) is 5.14. The van der Waals surface area contributed by atoms with E-state index in [-0.39, 0.29) is 12.0 Å². The number of likely N-dealkylation sites (N-methyl/N-ethyl adjacent to an activating group) is 1. The second-order valence-electron chi connectivity index (χ2n) is 7.02. The number of ether oxygens (including phenoxy) is 1. The Morgan fingerprint density at radius 3 is 2.89 bits per heavy atom. The van der Waals surface area contributed by atoms with Crippen LogP contribution >= 0.6 is 0 Å². The summed E-state index contributed by atoms with van der Waals surface area (Å²) >= 11 is 0. The van der Waals surface area contributed by atoms with E-state index in [1.54, 1.807) is 0 Å². The number of nitrogens with zero attached hydrogens (tertiary/aromatic N) is 2. The summed E-state index contributed by atoms with van der Waals surface area (Å²) in [6.45, 7) is 4.15. The number of imidazole rings is 1. The van der Waals surface area contributed by atoms with Gasteiger partial charge in [-0.05, 0) is 50.5 Å². The van der Waals surface area contributed by atoms with Crippen molar-refractivity contribution in [1.29, 1.82) is 0 Å². The van der Waals surface area contributed by atoms with Gasteiger partial charge in [-0.2, -0.15) is 0 Å². The minimum Gasteiger partial charge on any atom is -0.376 e. The van der Waals surface area contributed by atoms with Crippen LogP contribution in [-0.2, 0) is 4.74 Å². The number of benzene rings is 2. The van der Waals surface area contributed by atoms with Crippen molar-refractivity contribution < 1.29 is 9.53 Å². The SMILES string of the molecule is CCN(C[C@@H]1CCCCO1)C(=O)c1cccc(-c2nc3ccccc3[nH]2)c1. The molecule has 0 radical (unpaired) electrons. The highest BCUT2D eigenvalue weighted by atomic mass is 16.5. The normalized spacial score (nSPS) is 17.1. The van der Waals surface area contributed by atoms with Crippen LogP contribution in [0.25, 0.3) is 22.4 Å². The first kappa shape index (κ1) is 17.7. The molecule has 1 amide bonds. The fourth-order valence-corrected chi connectivity index (χ4v) is 3.62. The molecule has 1 N–H and O–H groups in total. The third kappa shape index (κ3) is 3.88. The fraction of sp³-hybridized carbons (Fsp3) is 0.364. The summed E-state index contributed by atoms with van der Waals surface area (Å²) in [5.41, 5.74) is 3.52. The minimum atomic E-state index is 0.0460. The Labute approximate surface area is 159 Å². The number of nitrogens with one attached hydrogen (secondary N) is 1. The number of rotatable bonds is 5. The van der Waals surface area contributed by atoms with Crippen LogP contribution in [0.1, 0.15) is 36.5 Å². The van der Waals surface area contributed by atoms with Crippen molar-refractivity contribution in [1.82, 2.24) is 14.9 Å². The van der Waals surface area contributed by atoms with E-state index < -0.39 is 0 Å². The minimum absolute atomic E-state index is 0.0460. The molecule has 2 aromatic carbocycles. The Hall–Kier alpha value is -2.66. The zero-order valence-corrected chi connectivity index (χ0v) is 15.6. The summed E-state index contributed by atoms with van der Waals surface area (Å²) in [6.07, 6.45) is 3.48. The number of H-pyrrole nitrogens is 1. The molecule has 5 heteroatoms. The Morgan fingerprint density at radius 1 is 1.22 bits per heavy atom. The van der Waals surface area contributed by atoms with Crippen LogP contribution in [0.3, 0.4) is 0 Å². The van der Waals surface area contributed by atoms with Gasteiger partial charge in [-0.3, -0.25) is 4.79 Å². The molecule has 2 heterocycles. The van der Waals surface area contributed by atoms with E-state index in [9.17, 15) is 4.79 Å². The molecule has 1 aliphatic heterocycles. The molecule has 140 valence electrons. The number of fused-ring (bicyclic) bond motifs is 1. The van der Waals surface area contributed by atoms with Crippen LogP contribution in [-0.4, -0.2) is 46.6 Å². The van der Waals surface area contributed by atoms with Crippen LogP contribution in [0.2, 0.25) is 0 Å². The van der Waals surface area contributed by atoms with Crippen molar-refractivity contribution in [3.63, 3.8) is 0 Å². The molecule has 0 bridgehead atoms. The van der Waals surface area contributed by atoms with Gasteiger partial charge in [0, 0.05) is 30.8 Å². The van der Waals surface area contributed by atoms with E-state index in [1.165, 1.54) is 6.42 Å². The van der Waals surface area contributed by atoms with Crippen LogP contribution in [0.15, 0.2) is 48.5 Å². The maximum absolute atomic E-state index is 13.0. The maximum Gasteiger partial charge on any atom is 0.253 e. The molecular weight excluding hydrogens is 338 g/mol. The lowest BCUT2D eigenvalue weighted by molar-refractivity contribution is -0.00311. The number of amides is 1. The summed E-state index contributed by atoms with van der Waals surface area (Å²) in [5, 5.41) is 0. The quantitative estimate of drug-likeness (QED) is 0.737. The van der Waals surface area contributed by atoms with Gasteiger partial charge in [-0.1, -0.05) is 24.3 Å². The number of carbonyl (C=O) groups is 1. The molecule has 4 rings (SSSR count). The van der Waals surface area contributed by atoms with E-state index in [2.05, 4.69) is 9.97 Å². The molecule has 1 saturated heterocycles. The van der Waals surface area contributed by atoms with Crippen molar-refractivity contribution >= 4 is 16.9 Å². The average molecular weight is 363 g/mol. The van der Waals surface area contributed by atoms with Crippen LogP contribution < -0.4 is 0 Å². The van der Waals surface area contributed by atoms with Gasteiger partial charge in [0.1, 0.15) is 5.82 Å². The average Bonchev–Trinajstić information content (AvgIpc) is 3.17. The van der Waals surface area contributed by atoms with Crippen LogP contribution in [0.5, 0.6) is 0 Å². The van der Waals surface area contributed by atoms with Crippen molar-refractivity contribution in [3.05, 3.63) is 54.1 Å². The Morgan fingerprint density at radius 2 is 2.11 bits per heavy atom. The largest absolute Gasteiger partial charge is 0.376 e. The molecule has 1 aromatic heterocycles. The second kappa shape index (κ2) is 7.92. The van der Waals surface area contributed by atoms with Gasteiger partial charge >= 0.3 is 0 Å². The van der Waals surface area contributed by atoms with Crippen molar-refractivity contribution in [2.45, 2.75) is 32.3 Å². The number of hydrogen-bond acceptors (Lipinski definition) is 3. The smallest absolute Gasteiger partial charge is 0.253 e. The molecule has 1 fully saturated rings. The lowest BCUT2D eigenvalue weighted by atomic mass is 10.1. The van der Waals surface area contributed by atoms with Crippen molar-refractivity contribution in [2.24, 2.45) is 0 Å². The monoisotopic (exact) mass is 363 g/mol. The van der Waals surface area contributed by atoms with Gasteiger partial charge in [0.25, 0.3) is 5.91 Å². The summed E-state index contributed by atoms with van der Waals surface area (Å²) in [5.74, 6) is 0.828. The molecule has 5 nitrogen and oxygen atoms in total. The molecule has 0 saturated carbocycles. The van der Waals surface area contributed by atoms with Gasteiger partial charge < -0.3 is 14.6 Å². The van der Waals surface area contributed by atoms with E-state index in [1.807, 2.05) is 60.4 Å². The molecule has 1 atom stereocenters. The van der Waals surface area contributed by atoms with Crippen molar-refractivity contribution in [2.75, 3.05) is 19.7 Å². The fourth-order valence-electron chi connectivity index (χ4n) is 3.62. The van der Waals surface area contributed by atoms with E-state index in [0.717, 1.165) is 41.9 Å². The molecule has 0 spiro atoms. The number of hydrogen-bond donors (Lipinski definition) is 1. The standard InChI is InChI=1S/C22H25N3O2/c1-2-25(15-18-10-5-6-13-27-18)22(26)17-9-7-8-16(14-17)21-23-19-11-3-4-12-20(19)24-21/h3-4,7-9,11-12,14,18H,2,5-6,10,13,15H2,1H3,(H,23,24)/t18-/m0/s1. The van der Waals surface area contributed by atoms with Crippen LogP contribution in [0.4, 0.5) is 0 Å². The van der Waals surface area contributed by atoms with Gasteiger partial charge in [0.2, 0.25) is 0 Å². The summed E-state index contributed by atoms with van der Waals surface area (Å²) in [6, 6.07) is 15.6. The van der Waals surface area contributed by atoms with Gasteiger partial charge in [0.15, 0.2) is 0 Å². The number of aromatic nitrogens is 2. The second-order valence-corrected chi connectivity index (χ2v) is 7.02. The zero-order valence-electron chi connectivity index (χ0n) is 15.6. The van der Waals surface area contributed by atoms with Crippen LogP contribution in [0, 0.1) is 0 Å². The first-order chi connectivity index (χ1) is 13.2.